The number of nitrogens with one attached hydrogen (secondary N) is 1. The van der Waals surface area contributed by atoms with Gasteiger partial charge < -0.3 is 9.88 Å². The van der Waals surface area contributed by atoms with Crippen molar-refractivity contribution in [3.05, 3.63) is 33.7 Å². The van der Waals surface area contributed by atoms with E-state index in [1.54, 1.807) is 7.05 Å². The number of aromatic nitrogens is 3. The molecular weight excluding hydrogens is 524 g/mol. The number of amides is 1. The van der Waals surface area contributed by atoms with Gasteiger partial charge in [0.2, 0.25) is 6.41 Å². The molecule has 0 saturated heterocycles. The molecule has 1 amide bonds. The van der Waals surface area contributed by atoms with Gasteiger partial charge in [-0.15, -0.1) is 0 Å². The van der Waals surface area contributed by atoms with E-state index in [-0.39, 0.29) is 27.6 Å². The summed E-state index contributed by atoms with van der Waals surface area (Å²) >= 11 is 1.92. The van der Waals surface area contributed by atoms with Gasteiger partial charge in [-0.3, -0.25) is 4.79 Å². The van der Waals surface area contributed by atoms with Gasteiger partial charge in [-0.25, -0.2) is 18.4 Å². The largest absolute Gasteiger partial charge is 0.433 e. The highest BCUT2D eigenvalue weighted by Crippen LogP contribution is 2.36. The molecule has 0 unspecified atom stereocenters. The molecule has 0 spiro atoms. The van der Waals surface area contributed by atoms with Crippen molar-refractivity contribution < 1.29 is 26.4 Å². The van der Waals surface area contributed by atoms with Gasteiger partial charge in [-0.05, 0) is 40.8 Å². The molecule has 0 bridgehead atoms. The Kier molecular flexibility index (Phi) is 5.60. The number of nitrogens with zero attached hydrogens (tertiary/aromatic N) is 3. The van der Waals surface area contributed by atoms with Crippen LogP contribution in [-0.4, -0.2) is 35.1 Å². The van der Waals surface area contributed by atoms with Gasteiger partial charge in [-0.1, -0.05) is 6.92 Å². The Morgan fingerprint density at radius 3 is 2.55 bits per heavy atom. The molecule has 7 nitrogen and oxygen atoms in total. The number of hydrogen-bond donors (Lipinski definition) is 1. The average molecular weight is 538 g/mol. The predicted molar refractivity (Wildman–Crippen MR) is 109 cm³/mol. The zero-order valence-corrected chi connectivity index (χ0v) is 18.1. The van der Waals surface area contributed by atoms with Crippen molar-refractivity contribution in [1.29, 1.82) is 0 Å². The number of fused-ring (bicyclic) bond motifs is 1. The Labute approximate surface area is 177 Å². The van der Waals surface area contributed by atoms with Gasteiger partial charge in [0.05, 0.1) is 33.6 Å². The van der Waals surface area contributed by atoms with Crippen LogP contribution in [0.3, 0.4) is 0 Å². The van der Waals surface area contributed by atoms with Crippen molar-refractivity contribution in [1.82, 2.24) is 14.5 Å². The van der Waals surface area contributed by atoms with E-state index in [9.17, 15) is 26.4 Å². The van der Waals surface area contributed by atoms with Crippen LogP contribution in [0.4, 0.5) is 18.9 Å². The van der Waals surface area contributed by atoms with Gasteiger partial charge in [0.1, 0.15) is 11.5 Å². The summed E-state index contributed by atoms with van der Waals surface area (Å²) < 4.78 is 66.2. The minimum absolute atomic E-state index is 0.0368. The van der Waals surface area contributed by atoms with Crippen molar-refractivity contribution in [2.45, 2.75) is 18.0 Å². The van der Waals surface area contributed by atoms with Crippen LogP contribution in [0.5, 0.6) is 0 Å². The molecular formula is C17H14F3IN4O3S. The lowest BCUT2D eigenvalue weighted by Crippen LogP contribution is -2.09. The van der Waals surface area contributed by atoms with E-state index in [0.29, 0.717) is 21.2 Å². The van der Waals surface area contributed by atoms with Crippen molar-refractivity contribution >= 4 is 55.6 Å². The topological polar surface area (TPSA) is 93.9 Å². The lowest BCUT2D eigenvalue weighted by molar-refractivity contribution is -0.141. The van der Waals surface area contributed by atoms with Crippen LogP contribution in [0, 0.1) is 3.57 Å². The Balaban J connectivity index is 2.32. The first kappa shape index (κ1) is 21.5. The average Bonchev–Trinajstić information content (AvgIpc) is 2.98. The first-order chi connectivity index (χ1) is 13.5. The van der Waals surface area contributed by atoms with Crippen LogP contribution in [-0.2, 0) is 27.9 Å². The molecule has 1 aromatic carbocycles. The molecule has 0 radical (unpaired) electrons. The molecule has 2 aromatic heterocycles. The van der Waals surface area contributed by atoms with E-state index in [0.717, 1.165) is 12.3 Å². The van der Waals surface area contributed by atoms with Crippen molar-refractivity contribution in [3.63, 3.8) is 0 Å². The van der Waals surface area contributed by atoms with Crippen LogP contribution in [0.1, 0.15) is 12.6 Å². The maximum absolute atomic E-state index is 13.0. The van der Waals surface area contributed by atoms with Crippen molar-refractivity contribution in [2.24, 2.45) is 7.05 Å². The highest BCUT2D eigenvalue weighted by molar-refractivity contribution is 14.1. The zero-order chi connectivity index (χ0) is 21.6. The van der Waals surface area contributed by atoms with Gasteiger partial charge in [-0.2, -0.15) is 13.2 Å². The Bertz CT molecular complexity index is 1220. The minimum atomic E-state index is -4.62. The summed E-state index contributed by atoms with van der Waals surface area (Å²) in [6, 6.07) is 3.66. The van der Waals surface area contributed by atoms with Crippen molar-refractivity contribution in [3.8, 4) is 11.4 Å². The second kappa shape index (κ2) is 7.55. The number of halogens is 4. The third-order valence-electron chi connectivity index (χ3n) is 4.30. The maximum atomic E-state index is 13.0. The third-order valence-corrected chi connectivity index (χ3v) is 6.96. The molecule has 3 aromatic rings. The molecule has 12 heteroatoms. The first-order valence-electron chi connectivity index (χ1n) is 8.16. The summed E-state index contributed by atoms with van der Waals surface area (Å²) in [5.41, 5.74) is -0.208. The van der Waals surface area contributed by atoms with Gasteiger partial charge in [0.25, 0.3) is 0 Å². The second-order valence-corrected chi connectivity index (χ2v) is 9.45. The fourth-order valence-corrected chi connectivity index (χ4v) is 4.52. The maximum Gasteiger partial charge on any atom is 0.433 e. The van der Waals surface area contributed by atoms with Gasteiger partial charge in [0, 0.05) is 16.2 Å². The van der Waals surface area contributed by atoms with E-state index in [1.807, 2.05) is 22.6 Å². The SMILES string of the molecule is CCS(=O)(=O)c1cc(NC=O)c(I)cc1-c1nc2cc(C(F)(F)F)ncc2n1C. The molecule has 0 aliphatic rings. The smallest absolute Gasteiger partial charge is 0.328 e. The number of carbonyl (C=O) groups is 1. The molecule has 3 rings (SSSR count). The van der Waals surface area contributed by atoms with Crippen LogP contribution in [0.2, 0.25) is 0 Å². The molecule has 1 N–H and O–H groups in total. The minimum Gasteiger partial charge on any atom is -0.328 e. The predicted octanol–water partition coefficient (Wildman–Crippen LogP) is 3.62. The molecule has 0 aliphatic carbocycles. The normalized spacial score (nSPS) is 12.3. The molecule has 2 heterocycles. The summed E-state index contributed by atoms with van der Waals surface area (Å²) in [6.07, 6.45) is -3.14. The Morgan fingerprint density at radius 1 is 1.28 bits per heavy atom. The second-order valence-electron chi connectivity index (χ2n) is 6.04. The Hall–Kier alpha value is -2.22. The fourth-order valence-electron chi connectivity index (χ4n) is 2.80. The summed E-state index contributed by atoms with van der Waals surface area (Å²) in [5, 5.41) is 2.44. The third kappa shape index (κ3) is 3.95. The number of alkyl halides is 3. The molecule has 0 atom stereocenters. The number of benzene rings is 1. The number of aryl methyl sites for hydroxylation is 1. The monoisotopic (exact) mass is 538 g/mol. The quantitative estimate of drug-likeness (QED) is 0.396. The van der Waals surface area contributed by atoms with Crippen LogP contribution >= 0.6 is 22.6 Å². The molecule has 29 heavy (non-hydrogen) atoms. The van der Waals surface area contributed by atoms with E-state index in [1.165, 1.54) is 23.6 Å². The lowest BCUT2D eigenvalue weighted by Gasteiger charge is -2.13. The fraction of sp³-hybridized carbons (Fsp3) is 0.235. The molecule has 0 fully saturated rings. The Morgan fingerprint density at radius 2 is 1.97 bits per heavy atom. The lowest BCUT2D eigenvalue weighted by atomic mass is 10.2. The highest BCUT2D eigenvalue weighted by atomic mass is 127. The standard InChI is InChI=1S/C17H14F3IN4O3S/c1-3-29(27,28)14-5-11(23-8-26)10(21)4-9(14)16-24-12-6-15(17(18,19)20)22-7-13(12)25(16)2/h4-8H,3H2,1-2H3,(H,23,26). The number of anilines is 1. The number of pyridine rings is 1. The van der Waals surface area contributed by atoms with Crippen molar-refractivity contribution in [2.75, 3.05) is 11.1 Å². The summed E-state index contributed by atoms with van der Waals surface area (Å²) in [4.78, 5) is 18.4. The number of carbonyl (C=O) groups excluding carboxylic acids is 1. The van der Waals surface area contributed by atoms with Crippen LogP contribution in [0.15, 0.2) is 29.3 Å². The summed E-state index contributed by atoms with van der Waals surface area (Å²) in [6.45, 7) is 1.47. The van der Waals surface area contributed by atoms with Crippen LogP contribution in [0.25, 0.3) is 22.4 Å². The molecule has 0 aliphatic heterocycles. The van der Waals surface area contributed by atoms with E-state index < -0.39 is 21.7 Å². The first-order valence-corrected chi connectivity index (χ1v) is 10.9. The summed E-state index contributed by atoms with van der Waals surface area (Å²) in [5.74, 6) is -0.0334. The number of rotatable bonds is 5. The van der Waals surface area contributed by atoms with E-state index in [2.05, 4.69) is 15.3 Å². The van der Waals surface area contributed by atoms with E-state index in [4.69, 9.17) is 0 Å². The summed E-state index contributed by atoms with van der Waals surface area (Å²) in [7, 11) is -2.17. The molecule has 154 valence electrons. The number of sulfone groups is 1. The molecule has 0 saturated carbocycles. The van der Waals surface area contributed by atoms with Gasteiger partial charge >= 0.3 is 6.18 Å². The van der Waals surface area contributed by atoms with Crippen LogP contribution < -0.4 is 5.32 Å². The highest BCUT2D eigenvalue weighted by Gasteiger charge is 2.33. The zero-order valence-electron chi connectivity index (χ0n) is 15.1. The number of imidazole rings is 1. The number of hydrogen-bond acceptors (Lipinski definition) is 5. The van der Waals surface area contributed by atoms with E-state index >= 15 is 0 Å². The van der Waals surface area contributed by atoms with Gasteiger partial charge in [0.15, 0.2) is 9.84 Å².